The van der Waals surface area contributed by atoms with Crippen LogP contribution in [0.5, 0.6) is 23.0 Å². The molecule has 3 aliphatic heterocycles. The van der Waals surface area contributed by atoms with Crippen LogP contribution in [0.1, 0.15) is 22.3 Å². The molecule has 0 aromatic heterocycles. The van der Waals surface area contributed by atoms with E-state index >= 15 is 0 Å². The SMILES string of the molecule is COc1ccc2c(c1O)CN1CCc3cc4c(cc3C1=C2)OCO4. The number of benzene rings is 2. The molecular weight excluding hydrogens is 306 g/mol. The maximum atomic E-state index is 10.4. The van der Waals surface area contributed by atoms with Crippen molar-refractivity contribution in [3.63, 3.8) is 0 Å². The van der Waals surface area contributed by atoms with Crippen molar-refractivity contribution in [3.05, 3.63) is 46.5 Å². The van der Waals surface area contributed by atoms with Crippen LogP contribution >= 0.6 is 0 Å². The Morgan fingerprint density at radius 1 is 1.17 bits per heavy atom. The van der Waals surface area contributed by atoms with E-state index in [9.17, 15) is 5.11 Å². The Labute approximate surface area is 139 Å². The lowest BCUT2D eigenvalue weighted by molar-refractivity contribution is 0.174. The minimum absolute atomic E-state index is 0.238. The number of hydrogen-bond donors (Lipinski definition) is 1. The van der Waals surface area contributed by atoms with Gasteiger partial charge in [-0.1, -0.05) is 6.07 Å². The second kappa shape index (κ2) is 4.84. The van der Waals surface area contributed by atoms with Gasteiger partial charge in [0.2, 0.25) is 6.79 Å². The lowest BCUT2D eigenvalue weighted by Gasteiger charge is -2.37. The molecule has 0 fully saturated rings. The quantitative estimate of drug-likeness (QED) is 0.874. The molecule has 0 saturated carbocycles. The van der Waals surface area contributed by atoms with Gasteiger partial charge in [-0.05, 0) is 41.8 Å². The largest absolute Gasteiger partial charge is 0.504 e. The average Bonchev–Trinajstić information content (AvgIpc) is 3.06. The molecule has 2 aromatic carbocycles. The summed E-state index contributed by atoms with van der Waals surface area (Å²) in [6.07, 6.45) is 3.08. The second-order valence-electron chi connectivity index (χ2n) is 6.25. The fourth-order valence-corrected chi connectivity index (χ4v) is 3.74. The maximum Gasteiger partial charge on any atom is 0.231 e. The molecule has 1 N–H and O–H groups in total. The van der Waals surface area contributed by atoms with Crippen LogP contribution in [0, 0.1) is 0 Å². The van der Waals surface area contributed by atoms with Crippen molar-refractivity contribution in [2.45, 2.75) is 13.0 Å². The number of methoxy groups -OCH3 is 1. The molecule has 24 heavy (non-hydrogen) atoms. The highest BCUT2D eigenvalue weighted by Gasteiger charge is 2.29. The average molecular weight is 323 g/mol. The third-order valence-electron chi connectivity index (χ3n) is 5.01. The summed E-state index contributed by atoms with van der Waals surface area (Å²) in [5, 5.41) is 10.4. The predicted molar refractivity (Wildman–Crippen MR) is 89.2 cm³/mol. The smallest absolute Gasteiger partial charge is 0.231 e. The molecule has 2 aromatic rings. The number of hydrogen-bond acceptors (Lipinski definition) is 5. The minimum atomic E-state index is 0.238. The molecule has 0 unspecified atom stereocenters. The molecule has 0 bridgehead atoms. The van der Waals surface area contributed by atoms with Gasteiger partial charge >= 0.3 is 0 Å². The Hall–Kier alpha value is -2.82. The van der Waals surface area contributed by atoms with Crippen LogP contribution in [-0.4, -0.2) is 30.5 Å². The molecule has 5 heteroatoms. The Kier molecular flexibility index (Phi) is 2.74. The van der Waals surface area contributed by atoms with Gasteiger partial charge in [-0.2, -0.15) is 0 Å². The van der Waals surface area contributed by atoms with Gasteiger partial charge in [0, 0.05) is 29.9 Å². The number of fused-ring (bicyclic) bond motifs is 5. The molecule has 0 radical (unpaired) electrons. The Bertz CT molecular complexity index is 887. The lowest BCUT2D eigenvalue weighted by Crippen LogP contribution is -2.31. The molecule has 122 valence electrons. The van der Waals surface area contributed by atoms with E-state index in [2.05, 4.69) is 23.1 Å². The first kappa shape index (κ1) is 13.6. The van der Waals surface area contributed by atoms with E-state index in [1.54, 1.807) is 7.11 Å². The van der Waals surface area contributed by atoms with E-state index in [4.69, 9.17) is 14.2 Å². The van der Waals surface area contributed by atoms with Crippen LogP contribution in [0.2, 0.25) is 0 Å². The van der Waals surface area contributed by atoms with Crippen molar-refractivity contribution in [1.29, 1.82) is 0 Å². The second-order valence-corrected chi connectivity index (χ2v) is 6.25. The first-order chi connectivity index (χ1) is 11.7. The highest BCUT2D eigenvalue weighted by Crippen LogP contribution is 2.45. The number of ether oxygens (including phenoxy) is 3. The lowest BCUT2D eigenvalue weighted by atomic mass is 9.90. The van der Waals surface area contributed by atoms with Crippen LogP contribution in [0.25, 0.3) is 11.8 Å². The highest BCUT2D eigenvalue weighted by molar-refractivity contribution is 5.87. The van der Waals surface area contributed by atoms with Crippen LogP contribution in [0.4, 0.5) is 0 Å². The number of phenolic OH excluding ortho intramolecular Hbond substituents is 1. The number of aromatic hydroxyl groups is 1. The Morgan fingerprint density at radius 3 is 2.83 bits per heavy atom. The summed E-state index contributed by atoms with van der Waals surface area (Å²) < 4.78 is 16.3. The number of rotatable bonds is 1. The molecule has 0 atom stereocenters. The number of nitrogens with zero attached hydrogens (tertiary/aromatic N) is 1. The fraction of sp³-hybridized carbons (Fsp3) is 0.263. The van der Waals surface area contributed by atoms with E-state index in [-0.39, 0.29) is 12.5 Å². The zero-order valence-corrected chi connectivity index (χ0v) is 13.3. The summed E-state index contributed by atoms with van der Waals surface area (Å²) in [6.45, 7) is 1.88. The van der Waals surface area contributed by atoms with Gasteiger partial charge < -0.3 is 24.2 Å². The topological polar surface area (TPSA) is 51.2 Å². The van der Waals surface area contributed by atoms with E-state index in [1.807, 2.05) is 12.1 Å². The van der Waals surface area contributed by atoms with Gasteiger partial charge in [-0.25, -0.2) is 0 Å². The summed E-state index contributed by atoms with van der Waals surface area (Å²) in [7, 11) is 1.57. The fourth-order valence-electron chi connectivity index (χ4n) is 3.74. The van der Waals surface area contributed by atoms with Gasteiger partial charge in [-0.15, -0.1) is 0 Å². The number of phenols is 1. The van der Waals surface area contributed by atoms with Gasteiger partial charge in [-0.3, -0.25) is 0 Å². The van der Waals surface area contributed by atoms with E-state index < -0.39 is 0 Å². The van der Waals surface area contributed by atoms with E-state index in [0.717, 1.165) is 35.6 Å². The molecule has 0 amide bonds. The van der Waals surface area contributed by atoms with Crippen molar-refractivity contribution >= 4 is 11.8 Å². The Morgan fingerprint density at radius 2 is 2.00 bits per heavy atom. The van der Waals surface area contributed by atoms with Crippen molar-refractivity contribution in [2.24, 2.45) is 0 Å². The van der Waals surface area contributed by atoms with Crippen molar-refractivity contribution < 1.29 is 19.3 Å². The summed E-state index contributed by atoms with van der Waals surface area (Å²) in [4.78, 5) is 2.30. The Balaban J connectivity index is 1.66. The van der Waals surface area contributed by atoms with Gasteiger partial charge in [0.1, 0.15) is 0 Å². The van der Waals surface area contributed by atoms with Crippen molar-refractivity contribution in [2.75, 3.05) is 20.4 Å². The highest BCUT2D eigenvalue weighted by atomic mass is 16.7. The van der Waals surface area contributed by atoms with E-state index in [1.165, 1.54) is 16.8 Å². The zero-order valence-electron chi connectivity index (χ0n) is 13.3. The monoisotopic (exact) mass is 323 g/mol. The van der Waals surface area contributed by atoms with Gasteiger partial charge in [0.25, 0.3) is 0 Å². The summed E-state index contributed by atoms with van der Waals surface area (Å²) in [5.74, 6) is 2.40. The third-order valence-corrected chi connectivity index (χ3v) is 5.01. The first-order valence-electron chi connectivity index (χ1n) is 8.03. The molecule has 5 nitrogen and oxygen atoms in total. The predicted octanol–water partition coefficient (Wildman–Crippen LogP) is 3.00. The van der Waals surface area contributed by atoms with Crippen LogP contribution in [-0.2, 0) is 13.0 Å². The summed E-state index contributed by atoms with van der Waals surface area (Å²) in [5.41, 5.74) is 5.59. The first-order valence-corrected chi connectivity index (χ1v) is 8.03. The maximum absolute atomic E-state index is 10.4. The zero-order chi connectivity index (χ0) is 16.3. The van der Waals surface area contributed by atoms with Crippen LogP contribution in [0.3, 0.4) is 0 Å². The standard InChI is InChI=1S/C19H17NO4/c1-22-16-3-2-11-6-15-13-8-18-17(23-10-24-18)7-12(13)4-5-20(15)9-14(11)19(16)21/h2-3,6-8,21H,4-5,9-10H2,1H3. The molecular formula is C19H17NO4. The molecule has 0 aliphatic carbocycles. The molecule has 3 aliphatic rings. The summed E-state index contributed by atoms with van der Waals surface area (Å²) >= 11 is 0. The van der Waals surface area contributed by atoms with Crippen molar-refractivity contribution in [1.82, 2.24) is 4.90 Å². The third kappa shape index (κ3) is 1.81. The van der Waals surface area contributed by atoms with Crippen LogP contribution < -0.4 is 14.2 Å². The minimum Gasteiger partial charge on any atom is -0.504 e. The van der Waals surface area contributed by atoms with Crippen LogP contribution in [0.15, 0.2) is 24.3 Å². The van der Waals surface area contributed by atoms with E-state index in [0.29, 0.717) is 12.3 Å². The normalized spacial score (nSPS) is 16.9. The van der Waals surface area contributed by atoms with Gasteiger partial charge in [0.05, 0.1) is 7.11 Å². The molecule has 0 spiro atoms. The molecule has 5 rings (SSSR count). The molecule has 3 heterocycles. The summed E-state index contributed by atoms with van der Waals surface area (Å²) in [6, 6.07) is 7.98. The van der Waals surface area contributed by atoms with Crippen molar-refractivity contribution in [3.8, 4) is 23.0 Å². The molecule has 0 saturated heterocycles. The van der Waals surface area contributed by atoms with Gasteiger partial charge in [0.15, 0.2) is 23.0 Å².